The fourth-order valence-corrected chi connectivity index (χ4v) is 5.61. The smallest absolute Gasteiger partial charge is 0.357 e. The summed E-state index contributed by atoms with van der Waals surface area (Å²) in [6.07, 6.45) is 6.29. The Kier molecular flexibility index (Phi) is 6.49. The molecule has 0 radical (unpaired) electrons. The highest BCUT2D eigenvalue weighted by atomic mass is 16.7. The third kappa shape index (κ3) is 4.89. The number of H-pyrrole nitrogens is 1. The van der Waals surface area contributed by atoms with Gasteiger partial charge in [-0.1, -0.05) is 48.5 Å². The number of rotatable bonds is 4. The molecule has 8 heteroatoms. The van der Waals surface area contributed by atoms with Crippen molar-refractivity contribution in [3.8, 4) is 0 Å². The van der Waals surface area contributed by atoms with Crippen molar-refractivity contribution >= 4 is 17.5 Å². The molecule has 1 saturated heterocycles. The SMILES string of the molecule is O=C(ON1CCN(c2nc(=O)[nH]c3c2CCCN(C2=CCCc4ccccc42)C3)CC1)c1ccccc1. The predicted octanol–water partition coefficient (Wildman–Crippen LogP) is 3.40. The Labute approximate surface area is 216 Å². The number of carbonyl (C=O) groups excluding carboxylic acids is 1. The summed E-state index contributed by atoms with van der Waals surface area (Å²) in [5, 5.41) is 1.70. The minimum atomic E-state index is -0.351. The molecular weight excluding hydrogens is 466 g/mol. The van der Waals surface area contributed by atoms with Gasteiger partial charge in [0, 0.05) is 42.2 Å². The van der Waals surface area contributed by atoms with Crippen LogP contribution in [-0.2, 0) is 24.2 Å². The molecule has 190 valence electrons. The monoisotopic (exact) mass is 497 g/mol. The van der Waals surface area contributed by atoms with E-state index in [0.29, 0.717) is 38.3 Å². The van der Waals surface area contributed by atoms with Crippen molar-refractivity contribution in [2.24, 2.45) is 0 Å². The van der Waals surface area contributed by atoms with Crippen LogP contribution in [0, 0.1) is 0 Å². The largest absolute Gasteiger partial charge is 0.365 e. The Hall–Kier alpha value is -3.91. The number of anilines is 1. The third-order valence-corrected chi connectivity index (χ3v) is 7.45. The fraction of sp³-hybridized carbons (Fsp3) is 0.345. The molecule has 3 aromatic rings. The van der Waals surface area contributed by atoms with Crippen molar-refractivity contribution in [3.63, 3.8) is 0 Å². The average molecular weight is 498 g/mol. The van der Waals surface area contributed by atoms with Crippen LogP contribution in [0.15, 0.2) is 65.5 Å². The van der Waals surface area contributed by atoms with Gasteiger partial charge in [-0.05, 0) is 43.4 Å². The second kappa shape index (κ2) is 10.2. The second-order valence-corrected chi connectivity index (χ2v) is 9.79. The van der Waals surface area contributed by atoms with E-state index in [2.05, 4.69) is 50.1 Å². The maximum Gasteiger partial charge on any atom is 0.357 e. The summed E-state index contributed by atoms with van der Waals surface area (Å²) in [5.74, 6) is 0.420. The number of piperazine rings is 1. The lowest BCUT2D eigenvalue weighted by atomic mass is 9.94. The number of nitrogens with zero attached hydrogens (tertiary/aromatic N) is 4. The fourth-order valence-electron chi connectivity index (χ4n) is 5.61. The summed E-state index contributed by atoms with van der Waals surface area (Å²) in [7, 11) is 0. The first kappa shape index (κ1) is 23.5. The average Bonchev–Trinajstić information content (AvgIpc) is 3.15. The predicted molar refractivity (Wildman–Crippen MR) is 142 cm³/mol. The van der Waals surface area contributed by atoms with Gasteiger partial charge in [-0.2, -0.15) is 4.98 Å². The number of aryl methyl sites for hydroxylation is 1. The molecule has 2 aliphatic heterocycles. The number of aromatic nitrogens is 2. The number of nitrogens with one attached hydrogen (secondary N) is 1. The van der Waals surface area contributed by atoms with Crippen molar-refractivity contribution in [1.29, 1.82) is 0 Å². The Morgan fingerprint density at radius 2 is 1.68 bits per heavy atom. The van der Waals surface area contributed by atoms with Gasteiger partial charge in [0.15, 0.2) is 0 Å². The van der Waals surface area contributed by atoms with Crippen LogP contribution in [0.2, 0.25) is 0 Å². The lowest BCUT2D eigenvalue weighted by Gasteiger charge is -2.35. The second-order valence-electron chi connectivity index (χ2n) is 9.79. The van der Waals surface area contributed by atoms with E-state index in [9.17, 15) is 9.59 Å². The highest BCUT2D eigenvalue weighted by molar-refractivity contribution is 5.89. The maximum atomic E-state index is 12.7. The number of carbonyl (C=O) groups is 1. The summed E-state index contributed by atoms with van der Waals surface area (Å²) < 4.78 is 0. The molecule has 0 atom stereocenters. The van der Waals surface area contributed by atoms with Crippen LogP contribution in [-0.4, -0.2) is 58.6 Å². The first-order chi connectivity index (χ1) is 18.2. The van der Waals surface area contributed by atoms with Crippen molar-refractivity contribution < 1.29 is 9.63 Å². The molecule has 0 bridgehead atoms. The van der Waals surface area contributed by atoms with E-state index < -0.39 is 0 Å². The Morgan fingerprint density at radius 3 is 2.51 bits per heavy atom. The molecule has 0 saturated carbocycles. The molecule has 1 aromatic heterocycles. The summed E-state index contributed by atoms with van der Waals surface area (Å²) in [5.41, 5.74) is 6.26. The van der Waals surface area contributed by atoms with Crippen LogP contribution in [0.25, 0.3) is 5.70 Å². The van der Waals surface area contributed by atoms with Gasteiger partial charge in [-0.3, -0.25) is 0 Å². The number of benzene rings is 2. The van der Waals surface area contributed by atoms with Crippen LogP contribution >= 0.6 is 0 Å². The van der Waals surface area contributed by atoms with Crippen LogP contribution in [0.4, 0.5) is 5.82 Å². The molecule has 37 heavy (non-hydrogen) atoms. The molecular formula is C29H31N5O3. The summed E-state index contributed by atoms with van der Waals surface area (Å²) >= 11 is 0. The molecule has 1 N–H and O–H groups in total. The van der Waals surface area contributed by atoms with Crippen LogP contribution in [0.3, 0.4) is 0 Å². The van der Waals surface area contributed by atoms with Crippen molar-refractivity contribution in [1.82, 2.24) is 19.9 Å². The number of hydrogen-bond donors (Lipinski definition) is 1. The Morgan fingerprint density at radius 1 is 0.892 bits per heavy atom. The van der Waals surface area contributed by atoms with Crippen molar-refractivity contribution in [2.45, 2.75) is 32.2 Å². The van der Waals surface area contributed by atoms with Gasteiger partial charge in [0.2, 0.25) is 0 Å². The van der Waals surface area contributed by atoms with E-state index in [0.717, 1.165) is 49.3 Å². The van der Waals surface area contributed by atoms with Gasteiger partial charge >= 0.3 is 11.7 Å². The maximum absolute atomic E-state index is 12.7. The van der Waals surface area contributed by atoms with Gasteiger partial charge < -0.3 is 19.6 Å². The van der Waals surface area contributed by atoms with Crippen LogP contribution in [0.1, 0.15) is 45.6 Å². The molecule has 1 aliphatic carbocycles. The van der Waals surface area contributed by atoms with Gasteiger partial charge in [-0.15, -0.1) is 5.06 Å². The summed E-state index contributed by atoms with van der Waals surface area (Å²) in [6.45, 7) is 3.96. The van der Waals surface area contributed by atoms with E-state index in [1.54, 1.807) is 17.2 Å². The van der Waals surface area contributed by atoms with Crippen LogP contribution < -0.4 is 10.6 Å². The Bertz CT molecular complexity index is 1380. The lowest BCUT2D eigenvalue weighted by Crippen LogP contribution is -2.48. The molecule has 0 unspecified atom stereocenters. The molecule has 0 spiro atoms. The van der Waals surface area contributed by atoms with E-state index in [1.165, 1.54) is 16.8 Å². The zero-order chi connectivity index (χ0) is 25.2. The zero-order valence-corrected chi connectivity index (χ0v) is 20.9. The van der Waals surface area contributed by atoms with Crippen LogP contribution in [0.5, 0.6) is 0 Å². The number of hydroxylamine groups is 2. The van der Waals surface area contributed by atoms with Gasteiger partial charge in [0.05, 0.1) is 25.2 Å². The topological polar surface area (TPSA) is 81.8 Å². The first-order valence-corrected chi connectivity index (χ1v) is 13.1. The van der Waals surface area contributed by atoms with Gasteiger partial charge in [0.1, 0.15) is 5.82 Å². The number of allylic oxidation sites excluding steroid dienone is 1. The molecule has 0 amide bonds. The summed E-state index contributed by atoms with van der Waals surface area (Å²) in [6, 6.07) is 17.6. The highest BCUT2D eigenvalue weighted by Crippen LogP contribution is 2.33. The Balaban J connectivity index is 1.18. The minimum Gasteiger partial charge on any atom is -0.365 e. The van der Waals surface area contributed by atoms with Crippen molar-refractivity contribution in [2.75, 3.05) is 37.6 Å². The van der Waals surface area contributed by atoms with E-state index in [4.69, 9.17) is 4.84 Å². The number of aromatic amines is 1. The molecule has 2 aromatic carbocycles. The zero-order valence-electron chi connectivity index (χ0n) is 20.9. The molecule has 3 aliphatic rings. The third-order valence-electron chi connectivity index (χ3n) is 7.45. The van der Waals surface area contributed by atoms with Crippen molar-refractivity contribution in [3.05, 3.63) is 99.1 Å². The van der Waals surface area contributed by atoms with E-state index in [1.807, 2.05) is 18.2 Å². The molecule has 6 rings (SSSR count). The highest BCUT2D eigenvalue weighted by Gasteiger charge is 2.28. The van der Waals surface area contributed by atoms with Gasteiger partial charge in [-0.25, -0.2) is 9.59 Å². The first-order valence-electron chi connectivity index (χ1n) is 13.1. The van der Waals surface area contributed by atoms with E-state index in [-0.39, 0.29) is 11.7 Å². The normalized spacial score (nSPS) is 17.9. The summed E-state index contributed by atoms with van der Waals surface area (Å²) in [4.78, 5) is 42.7. The molecule has 8 nitrogen and oxygen atoms in total. The van der Waals surface area contributed by atoms with Gasteiger partial charge in [0.25, 0.3) is 0 Å². The standard InChI is InChI=1S/C29H31N5O3/c35-28(22-9-2-1-3-10-22)37-34-18-16-32(17-19-34)27-24-13-7-15-33(20-25(24)30-29(36)31-27)26-14-6-11-21-8-4-5-12-23(21)26/h1-5,8-10,12,14H,6-7,11,13,15-20H2,(H,30,31,36). The van der Waals surface area contributed by atoms with E-state index >= 15 is 0 Å². The lowest BCUT2D eigenvalue weighted by molar-refractivity contribution is -0.112. The quantitative estimate of drug-likeness (QED) is 0.592. The molecule has 1 fully saturated rings. The number of fused-ring (bicyclic) bond motifs is 2. The molecule has 3 heterocycles. The minimum absolute atomic E-state index is 0.313. The number of hydrogen-bond acceptors (Lipinski definition) is 7.